The summed E-state index contributed by atoms with van der Waals surface area (Å²) >= 11 is 0. The third kappa shape index (κ3) is 2.11. The average molecular weight is 253 g/mol. The summed E-state index contributed by atoms with van der Waals surface area (Å²) in [5.41, 5.74) is 5.16. The second-order valence-corrected chi connectivity index (χ2v) is 4.13. The van der Waals surface area contributed by atoms with Crippen LogP contribution in [0.5, 0.6) is 0 Å². The summed E-state index contributed by atoms with van der Waals surface area (Å²) in [6.07, 6.45) is -0.741. The zero-order chi connectivity index (χ0) is 13.3. The van der Waals surface area contributed by atoms with Crippen LogP contribution >= 0.6 is 0 Å². The number of amides is 1. The van der Waals surface area contributed by atoms with Crippen molar-refractivity contribution in [3.63, 3.8) is 0 Å². The number of alkyl halides is 1. The summed E-state index contributed by atoms with van der Waals surface area (Å²) in [4.78, 5) is 23.2. The molecule has 2 N–H and O–H groups in total. The van der Waals surface area contributed by atoms with E-state index in [0.717, 1.165) is 0 Å². The molecule has 6 nitrogen and oxygen atoms in total. The Morgan fingerprint density at radius 3 is 2.78 bits per heavy atom. The van der Waals surface area contributed by atoms with Crippen LogP contribution in [0.1, 0.15) is 16.8 Å². The predicted molar refractivity (Wildman–Crippen MR) is 63.3 cm³/mol. The molecule has 2 rings (SSSR count). The van der Waals surface area contributed by atoms with Crippen LogP contribution in [-0.4, -0.2) is 30.1 Å². The zero-order valence-corrected chi connectivity index (χ0v) is 9.51. The molecule has 1 aromatic rings. The number of nitro benzene ring substituents is 1. The summed E-state index contributed by atoms with van der Waals surface area (Å²) in [5.74, 6) is -0.754. The summed E-state index contributed by atoms with van der Waals surface area (Å²) in [6.45, 7) is 0.386. The lowest BCUT2D eigenvalue weighted by molar-refractivity contribution is -0.384. The van der Waals surface area contributed by atoms with Gasteiger partial charge in [-0.1, -0.05) is 6.07 Å². The second kappa shape index (κ2) is 4.59. The zero-order valence-electron chi connectivity index (χ0n) is 9.51. The van der Waals surface area contributed by atoms with Crippen LogP contribution in [0.2, 0.25) is 0 Å². The molecule has 1 atom stereocenters. The third-order valence-electron chi connectivity index (χ3n) is 2.92. The van der Waals surface area contributed by atoms with Crippen molar-refractivity contribution < 1.29 is 14.1 Å². The fourth-order valence-electron chi connectivity index (χ4n) is 2.13. The number of nitro groups is 1. The molecule has 1 aromatic carbocycles. The Balaban J connectivity index is 2.53. The SMILES string of the molecule is NC(=O)c1cccc([N+](=O)[O-])c1N1CCC(F)C1. The highest BCUT2D eigenvalue weighted by molar-refractivity contribution is 6.01. The molecule has 1 fully saturated rings. The normalized spacial score (nSPS) is 18.9. The maximum Gasteiger partial charge on any atom is 0.293 e. The van der Waals surface area contributed by atoms with Crippen LogP contribution in [0.25, 0.3) is 0 Å². The van der Waals surface area contributed by atoms with Gasteiger partial charge in [-0.3, -0.25) is 14.9 Å². The fourth-order valence-corrected chi connectivity index (χ4v) is 2.13. The smallest absolute Gasteiger partial charge is 0.293 e. The van der Waals surface area contributed by atoms with Crippen molar-refractivity contribution in [3.05, 3.63) is 33.9 Å². The van der Waals surface area contributed by atoms with Gasteiger partial charge in [0.1, 0.15) is 11.9 Å². The lowest BCUT2D eigenvalue weighted by Crippen LogP contribution is -2.25. The lowest BCUT2D eigenvalue weighted by Gasteiger charge is -2.19. The number of para-hydroxylation sites is 1. The number of hydrogen-bond acceptors (Lipinski definition) is 4. The molecule has 0 radical (unpaired) electrons. The van der Waals surface area contributed by atoms with Crippen molar-refractivity contribution in [2.75, 3.05) is 18.0 Å². The molecule has 18 heavy (non-hydrogen) atoms. The Kier molecular flexibility index (Phi) is 3.14. The Labute approximate surface area is 102 Å². The van der Waals surface area contributed by atoms with Crippen LogP contribution in [0.15, 0.2) is 18.2 Å². The van der Waals surface area contributed by atoms with E-state index < -0.39 is 17.0 Å². The molecule has 1 aliphatic heterocycles. The second-order valence-electron chi connectivity index (χ2n) is 4.13. The van der Waals surface area contributed by atoms with Crippen LogP contribution in [0.4, 0.5) is 15.8 Å². The van der Waals surface area contributed by atoms with E-state index in [2.05, 4.69) is 0 Å². The average Bonchev–Trinajstić information content (AvgIpc) is 2.74. The first-order valence-corrected chi connectivity index (χ1v) is 5.47. The Hall–Kier alpha value is -2.18. The Bertz CT molecular complexity index is 474. The van der Waals surface area contributed by atoms with Crippen LogP contribution in [-0.2, 0) is 0 Å². The molecule has 1 amide bonds. The highest BCUT2D eigenvalue weighted by atomic mass is 19.1. The standard InChI is InChI=1S/C11H12FN3O3/c12-7-4-5-14(6-7)10-8(11(13)16)2-1-3-9(10)15(17)18/h1-3,7H,4-6H2,(H2,13,16). The van der Waals surface area contributed by atoms with Gasteiger partial charge in [-0.25, -0.2) is 4.39 Å². The largest absolute Gasteiger partial charge is 0.366 e. The number of nitrogens with two attached hydrogens (primary N) is 1. The lowest BCUT2D eigenvalue weighted by atomic mass is 10.1. The summed E-state index contributed by atoms with van der Waals surface area (Å²) in [7, 11) is 0. The molecule has 7 heteroatoms. The minimum absolute atomic E-state index is 0.0468. The van der Waals surface area contributed by atoms with Gasteiger partial charge < -0.3 is 10.6 Å². The van der Waals surface area contributed by atoms with Gasteiger partial charge >= 0.3 is 0 Å². The van der Waals surface area contributed by atoms with E-state index in [0.29, 0.717) is 13.0 Å². The quantitative estimate of drug-likeness (QED) is 0.648. The number of benzene rings is 1. The Morgan fingerprint density at radius 1 is 1.56 bits per heavy atom. The molecule has 1 aliphatic rings. The van der Waals surface area contributed by atoms with Gasteiger partial charge in [0.15, 0.2) is 0 Å². The third-order valence-corrected chi connectivity index (χ3v) is 2.92. The number of rotatable bonds is 3. The topological polar surface area (TPSA) is 89.5 Å². The number of carbonyl (C=O) groups is 1. The number of carbonyl (C=O) groups excluding carboxylic acids is 1. The van der Waals surface area contributed by atoms with Gasteiger partial charge in [-0.2, -0.15) is 0 Å². The highest BCUT2D eigenvalue weighted by Crippen LogP contribution is 2.34. The molecule has 0 saturated carbocycles. The molecule has 0 spiro atoms. The maximum absolute atomic E-state index is 13.2. The maximum atomic E-state index is 13.2. The molecule has 1 saturated heterocycles. The van der Waals surface area contributed by atoms with E-state index >= 15 is 0 Å². The first-order valence-electron chi connectivity index (χ1n) is 5.47. The van der Waals surface area contributed by atoms with E-state index in [1.807, 2.05) is 0 Å². The van der Waals surface area contributed by atoms with Crippen LogP contribution in [0.3, 0.4) is 0 Å². The van der Waals surface area contributed by atoms with Gasteiger partial charge in [0.05, 0.1) is 10.5 Å². The number of hydrogen-bond donors (Lipinski definition) is 1. The molecular formula is C11H12FN3O3. The van der Waals surface area contributed by atoms with Crippen molar-refractivity contribution in [1.29, 1.82) is 0 Å². The molecule has 0 aromatic heterocycles. The number of primary amides is 1. The molecule has 1 heterocycles. The summed E-state index contributed by atoms with van der Waals surface area (Å²) in [6, 6.07) is 4.09. The molecular weight excluding hydrogens is 241 g/mol. The van der Waals surface area contributed by atoms with E-state index in [9.17, 15) is 19.3 Å². The van der Waals surface area contributed by atoms with E-state index in [1.54, 1.807) is 0 Å². The Morgan fingerprint density at radius 2 is 2.28 bits per heavy atom. The summed E-state index contributed by atoms with van der Waals surface area (Å²) in [5, 5.41) is 11.0. The van der Waals surface area contributed by atoms with Crippen molar-refractivity contribution in [3.8, 4) is 0 Å². The van der Waals surface area contributed by atoms with Crippen molar-refractivity contribution >= 4 is 17.3 Å². The van der Waals surface area contributed by atoms with Crippen molar-refractivity contribution in [2.24, 2.45) is 5.73 Å². The monoisotopic (exact) mass is 253 g/mol. The molecule has 1 unspecified atom stereocenters. The molecule has 96 valence electrons. The van der Waals surface area contributed by atoms with Gasteiger partial charge in [0.2, 0.25) is 0 Å². The molecule has 0 aliphatic carbocycles. The van der Waals surface area contributed by atoms with Crippen LogP contribution in [0, 0.1) is 10.1 Å². The van der Waals surface area contributed by atoms with Crippen molar-refractivity contribution in [1.82, 2.24) is 0 Å². The van der Waals surface area contributed by atoms with E-state index in [-0.39, 0.29) is 23.5 Å². The van der Waals surface area contributed by atoms with Gasteiger partial charge in [-0.05, 0) is 12.5 Å². The fraction of sp³-hybridized carbons (Fsp3) is 0.364. The number of halogens is 1. The van der Waals surface area contributed by atoms with Crippen molar-refractivity contribution in [2.45, 2.75) is 12.6 Å². The molecule has 0 bridgehead atoms. The van der Waals surface area contributed by atoms with Gasteiger partial charge in [-0.15, -0.1) is 0 Å². The minimum atomic E-state index is -1.04. The number of nitrogens with zero attached hydrogens (tertiary/aromatic N) is 2. The van der Waals surface area contributed by atoms with E-state index in [4.69, 9.17) is 5.73 Å². The van der Waals surface area contributed by atoms with E-state index in [1.165, 1.54) is 23.1 Å². The first-order chi connectivity index (χ1) is 8.50. The van der Waals surface area contributed by atoms with Gasteiger partial charge in [0, 0.05) is 19.2 Å². The predicted octanol–water partition coefficient (Wildman–Crippen LogP) is 1.24. The first kappa shape index (κ1) is 12.3. The van der Waals surface area contributed by atoms with Gasteiger partial charge in [0.25, 0.3) is 11.6 Å². The highest BCUT2D eigenvalue weighted by Gasteiger charge is 2.30. The summed E-state index contributed by atoms with van der Waals surface area (Å²) < 4.78 is 13.2. The van der Waals surface area contributed by atoms with Crippen LogP contribution < -0.4 is 10.6 Å². The number of anilines is 1. The minimum Gasteiger partial charge on any atom is -0.366 e.